The summed E-state index contributed by atoms with van der Waals surface area (Å²) in [5.41, 5.74) is 0.811. The van der Waals surface area contributed by atoms with Crippen molar-refractivity contribution >= 4 is 26.1 Å². The zero-order valence-electron chi connectivity index (χ0n) is 7.98. The van der Waals surface area contributed by atoms with Gasteiger partial charge in [-0.25, -0.2) is 8.42 Å². The molecule has 1 aromatic carbocycles. The highest BCUT2D eigenvalue weighted by Crippen LogP contribution is 2.18. The van der Waals surface area contributed by atoms with E-state index in [-0.39, 0.29) is 10.9 Å². The largest absolute Gasteiger partial charge is 0.352 e. The van der Waals surface area contributed by atoms with Crippen molar-refractivity contribution in [1.29, 1.82) is 0 Å². The van der Waals surface area contributed by atoms with Gasteiger partial charge in [-0.3, -0.25) is 4.79 Å². The second-order valence-electron chi connectivity index (χ2n) is 3.01. The van der Waals surface area contributed by atoms with Crippen molar-refractivity contribution in [2.24, 2.45) is 0 Å². The lowest BCUT2D eigenvalue weighted by molar-refractivity contribution is -0.110. The van der Waals surface area contributed by atoms with Crippen LogP contribution in [0.5, 0.6) is 0 Å². The summed E-state index contributed by atoms with van der Waals surface area (Å²) < 4.78 is 21.9. The third kappa shape index (κ3) is 3.21. The quantitative estimate of drug-likeness (QED) is 0.647. The normalized spacial score (nSPS) is 13.2. The minimum atomic E-state index is -3.68. The van der Waals surface area contributed by atoms with E-state index in [2.05, 4.69) is 5.32 Å². The average molecular weight is 248 g/mol. The van der Waals surface area contributed by atoms with Gasteiger partial charge in [0.25, 0.3) is 9.05 Å². The molecule has 0 fully saturated rings. The first kappa shape index (κ1) is 12.0. The molecule has 6 heteroatoms. The van der Waals surface area contributed by atoms with Crippen LogP contribution in [0.2, 0.25) is 0 Å². The molecule has 0 aliphatic heterocycles. The Morgan fingerprint density at radius 2 is 1.87 bits per heavy atom. The fourth-order valence-electron chi connectivity index (χ4n) is 1.12. The van der Waals surface area contributed by atoms with Crippen LogP contribution in [-0.4, -0.2) is 14.8 Å². The lowest BCUT2D eigenvalue weighted by Crippen LogP contribution is -2.15. The summed E-state index contributed by atoms with van der Waals surface area (Å²) in [7, 11) is 1.48. The second kappa shape index (κ2) is 4.63. The molecule has 0 aromatic heterocycles. The molecule has 0 spiro atoms. The summed E-state index contributed by atoms with van der Waals surface area (Å²) in [5.74, 6) is 0. The fraction of sp³-hybridized carbons (Fsp3) is 0.222. The molecule has 0 aliphatic carbocycles. The molecule has 0 saturated heterocycles. The third-order valence-electron chi connectivity index (χ3n) is 1.98. The standard InChI is InChI=1S/C9H10ClNO3S/c1-7(11-6-12)8-2-4-9(5-3-8)15(10,13)14/h2-7H,1H3,(H,11,12). The Morgan fingerprint density at radius 3 is 2.27 bits per heavy atom. The molecule has 1 N–H and O–H groups in total. The maximum Gasteiger partial charge on any atom is 0.261 e. The van der Waals surface area contributed by atoms with Gasteiger partial charge in [0.1, 0.15) is 0 Å². The van der Waals surface area contributed by atoms with E-state index in [4.69, 9.17) is 10.7 Å². The van der Waals surface area contributed by atoms with Gasteiger partial charge in [-0.05, 0) is 24.6 Å². The number of nitrogens with one attached hydrogen (secondary N) is 1. The molecule has 82 valence electrons. The van der Waals surface area contributed by atoms with Gasteiger partial charge >= 0.3 is 0 Å². The van der Waals surface area contributed by atoms with Crippen LogP contribution in [0.1, 0.15) is 18.5 Å². The van der Waals surface area contributed by atoms with Gasteiger partial charge in [-0.15, -0.1) is 0 Å². The van der Waals surface area contributed by atoms with E-state index in [1.54, 1.807) is 19.1 Å². The lowest BCUT2D eigenvalue weighted by atomic mass is 10.1. The highest BCUT2D eigenvalue weighted by Gasteiger charge is 2.10. The van der Waals surface area contributed by atoms with Gasteiger partial charge < -0.3 is 5.32 Å². The minimum absolute atomic E-state index is 0.0474. The van der Waals surface area contributed by atoms with Crippen LogP contribution < -0.4 is 5.32 Å². The average Bonchev–Trinajstić information content (AvgIpc) is 2.17. The predicted octanol–water partition coefficient (Wildman–Crippen LogP) is 1.42. The molecule has 0 aliphatic rings. The molecule has 1 atom stereocenters. The summed E-state index contributed by atoms with van der Waals surface area (Å²) in [5, 5.41) is 2.56. The van der Waals surface area contributed by atoms with Gasteiger partial charge in [-0.2, -0.15) is 0 Å². The molecule has 15 heavy (non-hydrogen) atoms. The molecule has 4 nitrogen and oxygen atoms in total. The first-order valence-electron chi connectivity index (χ1n) is 4.19. The Bertz CT molecular complexity index is 441. The van der Waals surface area contributed by atoms with Crippen molar-refractivity contribution in [2.45, 2.75) is 17.9 Å². The van der Waals surface area contributed by atoms with Crippen LogP contribution in [0.4, 0.5) is 0 Å². The number of hydrogen-bond acceptors (Lipinski definition) is 3. The van der Waals surface area contributed by atoms with Crippen molar-refractivity contribution in [3.05, 3.63) is 29.8 Å². The monoisotopic (exact) mass is 247 g/mol. The SMILES string of the molecule is CC(NC=O)c1ccc(S(=O)(=O)Cl)cc1. The molecular formula is C9H10ClNO3S. The summed E-state index contributed by atoms with van der Waals surface area (Å²) >= 11 is 0. The van der Waals surface area contributed by atoms with Gasteiger partial charge in [0, 0.05) is 10.7 Å². The predicted molar refractivity (Wildman–Crippen MR) is 57.1 cm³/mol. The van der Waals surface area contributed by atoms with Crippen LogP contribution in [0, 0.1) is 0 Å². The zero-order chi connectivity index (χ0) is 11.5. The highest BCUT2D eigenvalue weighted by atomic mass is 35.7. The van der Waals surface area contributed by atoms with Crippen LogP contribution in [-0.2, 0) is 13.8 Å². The Labute approximate surface area is 92.7 Å². The molecule has 1 rings (SSSR count). The van der Waals surface area contributed by atoms with E-state index in [0.29, 0.717) is 6.41 Å². The van der Waals surface area contributed by atoms with Crippen molar-refractivity contribution < 1.29 is 13.2 Å². The second-order valence-corrected chi connectivity index (χ2v) is 5.58. The molecule has 0 saturated carbocycles. The topological polar surface area (TPSA) is 63.2 Å². The van der Waals surface area contributed by atoms with Crippen molar-refractivity contribution in [1.82, 2.24) is 5.32 Å². The first-order chi connectivity index (χ1) is 6.95. The van der Waals surface area contributed by atoms with Crippen LogP contribution in [0.3, 0.4) is 0 Å². The van der Waals surface area contributed by atoms with Crippen LogP contribution >= 0.6 is 10.7 Å². The molecule has 0 radical (unpaired) electrons. The Kier molecular flexibility index (Phi) is 3.71. The van der Waals surface area contributed by atoms with E-state index in [1.807, 2.05) is 0 Å². The summed E-state index contributed by atoms with van der Waals surface area (Å²) in [6.07, 6.45) is 0.594. The molecule has 1 aromatic rings. The minimum Gasteiger partial charge on any atom is -0.352 e. The van der Waals surface area contributed by atoms with Crippen molar-refractivity contribution in [3.8, 4) is 0 Å². The van der Waals surface area contributed by atoms with Crippen molar-refractivity contribution in [3.63, 3.8) is 0 Å². The van der Waals surface area contributed by atoms with Gasteiger partial charge in [0.05, 0.1) is 10.9 Å². The Morgan fingerprint density at radius 1 is 1.33 bits per heavy atom. The number of carbonyl (C=O) groups is 1. The molecule has 0 bridgehead atoms. The molecular weight excluding hydrogens is 238 g/mol. The molecule has 0 heterocycles. The number of hydrogen-bond donors (Lipinski definition) is 1. The van der Waals surface area contributed by atoms with Crippen molar-refractivity contribution in [2.75, 3.05) is 0 Å². The maximum absolute atomic E-state index is 10.9. The smallest absolute Gasteiger partial charge is 0.261 e. The first-order valence-corrected chi connectivity index (χ1v) is 6.50. The number of benzene rings is 1. The Hall–Kier alpha value is -1.07. The number of amides is 1. The summed E-state index contributed by atoms with van der Waals surface area (Å²) in [6.45, 7) is 1.79. The van der Waals surface area contributed by atoms with Gasteiger partial charge in [0.2, 0.25) is 6.41 Å². The number of rotatable bonds is 4. The van der Waals surface area contributed by atoms with E-state index in [9.17, 15) is 13.2 Å². The fourth-order valence-corrected chi connectivity index (χ4v) is 1.89. The highest BCUT2D eigenvalue weighted by molar-refractivity contribution is 8.13. The number of halogens is 1. The summed E-state index contributed by atoms with van der Waals surface area (Å²) in [4.78, 5) is 10.2. The maximum atomic E-state index is 10.9. The molecule has 1 unspecified atom stereocenters. The van der Waals surface area contributed by atoms with E-state index in [0.717, 1.165) is 5.56 Å². The third-order valence-corrected chi connectivity index (χ3v) is 3.35. The van der Waals surface area contributed by atoms with Crippen LogP contribution in [0.25, 0.3) is 0 Å². The number of carbonyl (C=O) groups excluding carboxylic acids is 1. The zero-order valence-corrected chi connectivity index (χ0v) is 9.55. The van der Waals surface area contributed by atoms with E-state index in [1.165, 1.54) is 12.1 Å². The van der Waals surface area contributed by atoms with Gasteiger partial charge in [-0.1, -0.05) is 12.1 Å². The van der Waals surface area contributed by atoms with E-state index >= 15 is 0 Å². The summed E-state index contributed by atoms with van der Waals surface area (Å²) in [6, 6.07) is 5.86. The molecule has 1 amide bonds. The van der Waals surface area contributed by atoms with Crippen LogP contribution in [0.15, 0.2) is 29.2 Å². The van der Waals surface area contributed by atoms with E-state index < -0.39 is 9.05 Å². The Balaban J connectivity index is 2.95. The lowest BCUT2D eigenvalue weighted by Gasteiger charge is -2.10. The van der Waals surface area contributed by atoms with Gasteiger partial charge in [0.15, 0.2) is 0 Å².